The van der Waals surface area contributed by atoms with Gasteiger partial charge in [0.2, 0.25) is 5.91 Å². The maximum atomic E-state index is 14.0. The molecule has 0 unspecified atom stereocenters. The van der Waals surface area contributed by atoms with Gasteiger partial charge in [-0.3, -0.25) is 4.79 Å². The highest BCUT2D eigenvalue weighted by atomic mass is 19.1. The van der Waals surface area contributed by atoms with E-state index in [-0.39, 0.29) is 12.3 Å². The second-order valence-corrected chi connectivity index (χ2v) is 6.77. The van der Waals surface area contributed by atoms with Gasteiger partial charge in [-0.2, -0.15) is 10.1 Å². The molecule has 0 bridgehead atoms. The molecule has 0 atom stereocenters. The molecule has 3 heterocycles. The van der Waals surface area contributed by atoms with Crippen LogP contribution in [0.5, 0.6) is 0 Å². The lowest BCUT2D eigenvalue weighted by Gasteiger charge is -2.30. The van der Waals surface area contributed by atoms with Gasteiger partial charge in [0.05, 0.1) is 5.69 Å². The zero-order valence-corrected chi connectivity index (χ0v) is 15.2. The summed E-state index contributed by atoms with van der Waals surface area (Å²) in [6.45, 7) is 4.26. The van der Waals surface area contributed by atoms with Crippen LogP contribution in [0.15, 0.2) is 18.5 Å². The number of halogens is 2. The third-order valence-electron chi connectivity index (χ3n) is 5.11. The average Bonchev–Trinajstić information content (AvgIpc) is 3.09. The molecule has 4 rings (SSSR count). The van der Waals surface area contributed by atoms with Gasteiger partial charge in [0, 0.05) is 36.0 Å². The van der Waals surface area contributed by atoms with E-state index in [0.717, 1.165) is 23.0 Å². The molecule has 2 aromatic heterocycles. The quantitative estimate of drug-likeness (QED) is 0.710. The van der Waals surface area contributed by atoms with Crippen molar-refractivity contribution in [1.29, 1.82) is 0 Å². The largest absolute Gasteiger partial charge is 0.312 e. The molecule has 0 saturated carbocycles. The summed E-state index contributed by atoms with van der Waals surface area (Å²) in [7, 11) is 0. The molecule has 0 N–H and O–H groups in total. The number of amides is 1. The first-order chi connectivity index (χ1) is 13.0. The number of carbonyl (C=O) groups excluding carboxylic acids is 1. The second-order valence-electron chi connectivity index (χ2n) is 6.77. The van der Waals surface area contributed by atoms with Crippen molar-refractivity contribution in [2.75, 3.05) is 11.4 Å². The monoisotopic (exact) mass is 371 g/mol. The molecule has 1 aliphatic heterocycles. The van der Waals surface area contributed by atoms with Gasteiger partial charge in [-0.1, -0.05) is 0 Å². The van der Waals surface area contributed by atoms with Crippen molar-refractivity contribution in [2.45, 2.75) is 39.5 Å². The summed E-state index contributed by atoms with van der Waals surface area (Å²) in [4.78, 5) is 22.8. The molecule has 0 radical (unpaired) electrons. The van der Waals surface area contributed by atoms with E-state index >= 15 is 0 Å². The molecule has 6 nitrogen and oxygen atoms in total. The van der Waals surface area contributed by atoms with Gasteiger partial charge in [0.1, 0.15) is 18.0 Å². The van der Waals surface area contributed by atoms with Crippen molar-refractivity contribution in [1.82, 2.24) is 19.6 Å². The Morgan fingerprint density at radius 2 is 2.07 bits per heavy atom. The van der Waals surface area contributed by atoms with Gasteiger partial charge < -0.3 is 4.90 Å². The van der Waals surface area contributed by atoms with Gasteiger partial charge in [-0.25, -0.2) is 18.3 Å². The molecule has 140 valence electrons. The molecule has 8 heteroatoms. The molecular formula is C19H19F2N5O. The minimum atomic E-state index is -0.668. The van der Waals surface area contributed by atoms with Crippen molar-refractivity contribution >= 4 is 17.4 Å². The van der Waals surface area contributed by atoms with E-state index in [1.807, 2.05) is 13.8 Å². The Morgan fingerprint density at radius 1 is 1.26 bits per heavy atom. The molecule has 1 aliphatic rings. The second kappa shape index (κ2) is 6.68. The minimum Gasteiger partial charge on any atom is -0.312 e. The first kappa shape index (κ1) is 17.5. The van der Waals surface area contributed by atoms with Crippen LogP contribution in [0, 0.1) is 25.5 Å². The lowest BCUT2D eigenvalue weighted by atomic mass is 9.99. The van der Waals surface area contributed by atoms with E-state index in [2.05, 4.69) is 15.1 Å². The molecular weight excluding hydrogens is 352 g/mol. The fraction of sp³-hybridized carbons (Fsp3) is 0.368. The van der Waals surface area contributed by atoms with Crippen molar-refractivity contribution in [3.05, 3.63) is 52.6 Å². The number of aromatic nitrogens is 4. The summed E-state index contributed by atoms with van der Waals surface area (Å²) >= 11 is 0. The number of fused-ring (bicyclic) bond motifs is 2. The number of anilines is 1. The first-order valence-corrected chi connectivity index (χ1v) is 8.90. The first-order valence-electron chi connectivity index (χ1n) is 8.90. The lowest BCUT2D eigenvalue weighted by Crippen LogP contribution is -2.36. The van der Waals surface area contributed by atoms with Crippen LogP contribution in [0.4, 0.5) is 14.5 Å². The van der Waals surface area contributed by atoms with E-state index < -0.39 is 11.6 Å². The number of nitrogens with zero attached hydrogens (tertiary/aromatic N) is 5. The molecule has 3 aromatic rings. The highest BCUT2D eigenvalue weighted by Crippen LogP contribution is 2.31. The number of hydrogen-bond acceptors (Lipinski definition) is 4. The third-order valence-corrected chi connectivity index (χ3v) is 5.11. The highest BCUT2D eigenvalue weighted by molar-refractivity contribution is 5.94. The maximum absolute atomic E-state index is 14.0. The Bertz CT molecular complexity index is 1050. The van der Waals surface area contributed by atoms with Gasteiger partial charge in [-0.15, -0.1) is 0 Å². The van der Waals surface area contributed by atoms with E-state index in [4.69, 9.17) is 0 Å². The lowest BCUT2D eigenvalue weighted by molar-refractivity contribution is -0.118. The number of aryl methyl sites for hydroxylation is 2. The summed E-state index contributed by atoms with van der Waals surface area (Å²) in [6.07, 6.45) is 3.31. The summed E-state index contributed by atoms with van der Waals surface area (Å²) in [5.41, 5.74) is 3.39. The third kappa shape index (κ3) is 3.05. The average molecular weight is 371 g/mol. The molecule has 0 saturated heterocycles. The van der Waals surface area contributed by atoms with Crippen LogP contribution >= 0.6 is 0 Å². The molecule has 1 aromatic carbocycles. The number of carbonyl (C=O) groups is 1. The maximum Gasteiger partial charge on any atom is 0.252 e. The smallest absolute Gasteiger partial charge is 0.252 e. The van der Waals surface area contributed by atoms with Gasteiger partial charge in [0.25, 0.3) is 5.78 Å². The van der Waals surface area contributed by atoms with Gasteiger partial charge in [-0.05, 0) is 44.7 Å². The summed E-state index contributed by atoms with van der Waals surface area (Å²) < 4.78 is 29.4. The Kier molecular flexibility index (Phi) is 4.33. The van der Waals surface area contributed by atoms with Gasteiger partial charge >= 0.3 is 0 Å². The van der Waals surface area contributed by atoms with Crippen LogP contribution in [-0.2, 0) is 17.6 Å². The van der Waals surface area contributed by atoms with Crippen LogP contribution in [0.3, 0.4) is 0 Å². The predicted molar refractivity (Wildman–Crippen MR) is 95.6 cm³/mol. The Morgan fingerprint density at radius 3 is 2.89 bits per heavy atom. The van der Waals surface area contributed by atoms with E-state index in [9.17, 15) is 13.6 Å². The van der Waals surface area contributed by atoms with Crippen LogP contribution in [0.25, 0.3) is 5.78 Å². The SMILES string of the molecule is Cc1nc2ncnn2c(C)c1CCC(=O)N1CCCc2c(F)cc(F)cc21. The molecule has 0 fully saturated rings. The van der Waals surface area contributed by atoms with Crippen LogP contribution < -0.4 is 4.90 Å². The summed E-state index contributed by atoms with van der Waals surface area (Å²) in [6, 6.07) is 2.12. The molecule has 27 heavy (non-hydrogen) atoms. The van der Waals surface area contributed by atoms with Crippen LogP contribution in [-0.4, -0.2) is 32.0 Å². The Balaban J connectivity index is 1.58. The normalized spacial score (nSPS) is 13.9. The van der Waals surface area contributed by atoms with Crippen molar-refractivity contribution in [3.8, 4) is 0 Å². The fourth-order valence-corrected chi connectivity index (χ4v) is 3.76. The van der Waals surface area contributed by atoms with Crippen molar-refractivity contribution < 1.29 is 13.6 Å². The number of benzene rings is 1. The van der Waals surface area contributed by atoms with E-state index in [1.165, 1.54) is 17.3 Å². The summed E-state index contributed by atoms with van der Waals surface area (Å²) in [5, 5.41) is 4.15. The Hall–Kier alpha value is -2.90. The number of hydrogen-bond donors (Lipinski definition) is 0. The fourth-order valence-electron chi connectivity index (χ4n) is 3.76. The zero-order valence-electron chi connectivity index (χ0n) is 15.2. The van der Waals surface area contributed by atoms with Gasteiger partial charge in [0.15, 0.2) is 0 Å². The summed E-state index contributed by atoms with van der Waals surface area (Å²) in [5.74, 6) is -0.886. The molecule has 0 aliphatic carbocycles. The van der Waals surface area contributed by atoms with Crippen molar-refractivity contribution in [2.24, 2.45) is 0 Å². The minimum absolute atomic E-state index is 0.154. The van der Waals surface area contributed by atoms with Crippen LogP contribution in [0.1, 0.15) is 35.4 Å². The predicted octanol–water partition coefficient (Wildman–Crippen LogP) is 2.93. The zero-order chi connectivity index (χ0) is 19.1. The standard InChI is InChI=1S/C19H19F2N5O/c1-11-14(12(2)26-19(24-11)22-10-23-26)5-6-18(27)25-7-3-4-15-16(21)8-13(20)9-17(15)25/h8-10H,3-7H2,1-2H3. The highest BCUT2D eigenvalue weighted by Gasteiger charge is 2.26. The number of rotatable bonds is 3. The van der Waals surface area contributed by atoms with E-state index in [0.29, 0.717) is 42.8 Å². The van der Waals surface area contributed by atoms with Crippen molar-refractivity contribution in [3.63, 3.8) is 0 Å². The molecule has 0 spiro atoms. The molecule has 1 amide bonds. The topological polar surface area (TPSA) is 63.4 Å². The van der Waals surface area contributed by atoms with Crippen LogP contribution in [0.2, 0.25) is 0 Å². The van der Waals surface area contributed by atoms with E-state index in [1.54, 1.807) is 4.52 Å². The Labute approximate surface area is 154 Å².